The van der Waals surface area contributed by atoms with Crippen LogP contribution >= 0.6 is 23.4 Å². The number of hydrogen-bond donors (Lipinski definition) is 0. The van der Waals surface area contributed by atoms with Gasteiger partial charge in [-0.15, -0.1) is 10.2 Å². The second-order valence-corrected chi connectivity index (χ2v) is 6.61. The number of aromatic nitrogens is 3. The maximum atomic E-state index is 13.0. The maximum absolute atomic E-state index is 13.0. The van der Waals surface area contributed by atoms with Crippen molar-refractivity contribution in [2.45, 2.75) is 11.0 Å². The smallest absolute Gasteiger partial charge is 0.277 e. The van der Waals surface area contributed by atoms with Gasteiger partial charge in [0.25, 0.3) is 5.22 Å². The second kappa shape index (κ2) is 6.82. The molecule has 0 radical (unpaired) electrons. The lowest BCUT2D eigenvalue weighted by Crippen LogP contribution is -1.88. The van der Waals surface area contributed by atoms with E-state index < -0.39 is 0 Å². The van der Waals surface area contributed by atoms with Crippen LogP contribution in [-0.4, -0.2) is 15.2 Å². The average Bonchev–Trinajstić information content (AvgIpc) is 3.11. The van der Waals surface area contributed by atoms with Crippen molar-refractivity contribution in [3.05, 3.63) is 71.1 Å². The molecule has 0 fully saturated rings. The summed E-state index contributed by atoms with van der Waals surface area (Å²) in [6, 6.07) is 13.5. The number of pyridine rings is 1. The molecule has 0 unspecified atom stereocenters. The van der Waals surface area contributed by atoms with E-state index in [0.29, 0.717) is 27.5 Å². The Kier molecular flexibility index (Phi) is 4.38. The minimum absolute atomic E-state index is 0.306. The highest BCUT2D eigenvalue weighted by molar-refractivity contribution is 7.98. The standard InChI is InChI=1S/C18H11ClFN3OS/c19-15-8-5-12(16-14(15)2-1-9-21-16)10-25-18-23-22-17(24-18)11-3-6-13(20)7-4-11/h1-9H,10H2. The summed E-state index contributed by atoms with van der Waals surface area (Å²) in [7, 11) is 0. The van der Waals surface area contributed by atoms with Crippen LogP contribution in [0.3, 0.4) is 0 Å². The van der Waals surface area contributed by atoms with Gasteiger partial charge in [-0.25, -0.2) is 4.39 Å². The molecule has 2 aromatic carbocycles. The lowest BCUT2D eigenvalue weighted by atomic mass is 10.1. The molecule has 2 aromatic heterocycles. The summed E-state index contributed by atoms with van der Waals surface area (Å²) in [5.74, 6) is 0.678. The van der Waals surface area contributed by atoms with Crippen molar-refractivity contribution in [3.8, 4) is 11.5 Å². The second-order valence-electron chi connectivity index (χ2n) is 5.27. The number of halogens is 2. The van der Waals surface area contributed by atoms with Crippen LogP contribution in [-0.2, 0) is 5.75 Å². The normalized spacial score (nSPS) is 11.1. The van der Waals surface area contributed by atoms with Crippen molar-refractivity contribution in [2.75, 3.05) is 0 Å². The van der Waals surface area contributed by atoms with Crippen molar-refractivity contribution in [1.29, 1.82) is 0 Å². The van der Waals surface area contributed by atoms with E-state index in [1.807, 2.05) is 24.3 Å². The van der Waals surface area contributed by atoms with Gasteiger partial charge in [0.1, 0.15) is 5.82 Å². The summed E-state index contributed by atoms with van der Waals surface area (Å²) in [6.07, 6.45) is 1.74. The van der Waals surface area contributed by atoms with Crippen molar-refractivity contribution in [1.82, 2.24) is 15.2 Å². The minimum atomic E-state index is -0.306. The van der Waals surface area contributed by atoms with Crippen LogP contribution < -0.4 is 0 Å². The fraction of sp³-hybridized carbons (Fsp3) is 0.0556. The van der Waals surface area contributed by atoms with E-state index in [4.69, 9.17) is 16.0 Å². The van der Waals surface area contributed by atoms with Crippen molar-refractivity contribution in [3.63, 3.8) is 0 Å². The molecular formula is C18H11ClFN3OS. The molecule has 0 aliphatic carbocycles. The topological polar surface area (TPSA) is 51.8 Å². The van der Waals surface area contributed by atoms with E-state index in [-0.39, 0.29) is 5.82 Å². The van der Waals surface area contributed by atoms with E-state index in [9.17, 15) is 4.39 Å². The Balaban J connectivity index is 1.55. The quantitative estimate of drug-likeness (QED) is 0.451. The molecule has 0 spiro atoms. The molecule has 0 bridgehead atoms. The van der Waals surface area contributed by atoms with Crippen LogP contribution in [0.2, 0.25) is 5.02 Å². The number of benzene rings is 2. The molecular weight excluding hydrogens is 361 g/mol. The zero-order valence-electron chi connectivity index (χ0n) is 12.8. The van der Waals surface area contributed by atoms with Crippen molar-refractivity contribution < 1.29 is 8.81 Å². The highest BCUT2D eigenvalue weighted by Gasteiger charge is 2.11. The van der Waals surface area contributed by atoms with Gasteiger partial charge in [-0.05, 0) is 48.0 Å². The number of hydrogen-bond acceptors (Lipinski definition) is 5. The summed E-state index contributed by atoms with van der Waals surface area (Å²) in [5, 5.41) is 10.1. The Labute approximate surface area is 152 Å². The Morgan fingerprint density at radius 3 is 2.72 bits per heavy atom. The van der Waals surface area contributed by atoms with E-state index in [1.165, 1.54) is 23.9 Å². The Hall–Kier alpha value is -2.44. The average molecular weight is 372 g/mol. The lowest BCUT2D eigenvalue weighted by Gasteiger charge is -2.05. The molecule has 124 valence electrons. The third-order valence-corrected chi connectivity index (χ3v) is 4.85. The van der Waals surface area contributed by atoms with Crippen LogP contribution in [0, 0.1) is 5.82 Å². The third kappa shape index (κ3) is 3.36. The van der Waals surface area contributed by atoms with E-state index >= 15 is 0 Å². The molecule has 2 heterocycles. The first-order valence-corrected chi connectivity index (χ1v) is 8.81. The minimum Gasteiger partial charge on any atom is -0.411 e. The Morgan fingerprint density at radius 1 is 1.04 bits per heavy atom. The molecule has 0 aliphatic rings. The predicted octanol–water partition coefficient (Wildman–Crippen LogP) is 5.37. The monoisotopic (exact) mass is 371 g/mol. The fourth-order valence-electron chi connectivity index (χ4n) is 2.43. The summed E-state index contributed by atoms with van der Waals surface area (Å²) < 4.78 is 18.6. The summed E-state index contributed by atoms with van der Waals surface area (Å²) in [5.41, 5.74) is 2.58. The molecule has 4 aromatic rings. The van der Waals surface area contributed by atoms with Gasteiger partial charge in [0, 0.05) is 27.9 Å². The third-order valence-electron chi connectivity index (χ3n) is 3.65. The van der Waals surface area contributed by atoms with Gasteiger partial charge >= 0.3 is 0 Å². The van der Waals surface area contributed by atoms with Gasteiger partial charge in [-0.2, -0.15) is 0 Å². The first-order valence-electron chi connectivity index (χ1n) is 7.45. The van der Waals surface area contributed by atoms with Crippen LogP contribution in [0.5, 0.6) is 0 Å². The van der Waals surface area contributed by atoms with Gasteiger partial charge < -0.3 is 4.42 Å². The van der Waals surface area contributed by atoms with Crippen LogP contribution in [0.15, 0.2) is 64.4 Å². The molecule has 0 aliphatic heterocycles. The van der Waals surface area contributed by atoms with E-state index in [1.54, 1.807) is 18.3 Å². The number of thioether (sulfide) groups is 1. The molecule has 0 N–H and O–H groups in total. The van der Waals surface area contributed by atoms with E-state index in [2.05, 4.69) is 15.2 Å². The summed E-state index contributed by atoms with van der Waals surface area (Å²) >= 11 is 7.63. The van der Waals surface area contributed by atoms with Crippen LogP contribution in [0.4, 0.5) is 4.39 Å². The van der Waals surface area contributed by atoms with E-state index in [0.717, 1.165) is 16.5 Å². The Bertz CT molecular complexity index is 1040. The maximum Gasteiger partial charge on any atom is 0.277 e. The van der Waals surface area contributed by atoms with Crippen molar-refractivity contribution >= 4 is 34.3 Å². The first kappa shape index (κ1) is 16.1. The van der Waals surface area contributed by atoms with Crippen LogP contribution in [0.1, 0.15) is 5.56 Å². The van der Waals surface area contributed by atoms with Gasteiger partial charge in [0.2, 0.25) is 5.89 Å². The first-order chi connectivity index (χ1) is 12.2. The molecule has 7 heteroatoms. The summed E-state index contributed by atoms with van der Waals surface area (Å²) in [4.78, 5) is 4.42. The zero-order valence-corrected chi connectivity index (χ0v) is 14.4. The summed E-state index contributed by atoms with van der Waals surface area (Å²) in [6.45, 7) is 0. The number of rotatable bonds is 4. The lowest BCUT2D eigenvalue weighted by molar-refractivity contribution is 0.466. The molecule has 0 amide bonds. The SMILES string of the molecule is Fc1ccc(-c2nnc(SCc3ccc(Cl)c4cccnc34)o2)cc1. The van der Waals surface area contributed by atoms with Gasteiger partial charge in [0.05, 0.1) is 5.52 Å². The Morgan fingerprint density at radius 2 is 1.88 bits per heavy atom. The van der Waals surface area contributed by atoms with Gasteiger partial charge in [-0.1, -0.05) is 29.4 Å². The molecule has 0 saturated carbocycles. The predicted molar refractivity (Wildman–Crippen MR) is 96.0 cm³/mol. The highest BCUT2D eigenvalue weighted by atomic mass is 35.5. The molecule has 0 saturated heterocycles. The number of nitrogens with zero attached hydrogens (tertiary/aromatic N) is 3. The fourth-order valence-corrected chi connectivity index (χ4v) is 3.39. The number of fused-ring (bicyclic) bond motifs is 1. The van der Waals surface area contributed by atoms with Crippen LogP contribution in [0.25, 0.3) is 22.4 Å². The molecule has 25 heavy (non-hydrogen) atoms. The highest BCUT2D eigenvalue weighted by Crippen LogP contribution is 2.30. The zero-order chi connectivity index (χ0) is 17.2. The van der Waals surface area contributed by atoms with Gasteiger partial charge in [-0.3, -0.25) is 4.98 Å². The molecule has 0 atom stereocenters. The molecule has 4 rings (SSSR count). The van der Waals surface area contributed by atoms with Gasteiger partial charge in [0.15, 0.2) is 0 Å². The molecule has 4 nitrogen and oxygen atoms in total. The largest absolute Gasteiger partial charge is 0.411 e. The van der Waals surface area contributed by atoms with Crippen molar-refractivity contribution in [2.24, 2.45) is 0 Å².